The van der Waals surface area contributed by atoms with Gasteiger partial charge in [-0.2, -0.15) is 0 Å². The van der Waals surface area contributed by atoms with E-state index in [0.717, 1.165) is 9.13 Å². The first kappa shape index (κ1) is 25.3. The first-order valence-electron chi connectivity index (χ1n) is 10.6. The normalized spacial score (nSPS) is 12.1. The molecule has 0 aliphatic heterocycles. The number of carbonyl (C=O) groups excluding carboxylic acids is 1. The molecule has 2 aromatic heterocycles. The van der Waals surface area contributed by atoms with Crippen molar-refractivity contribution in [1.29, 1.82) is 0 Å². The average molecular weight is 605 g/mol. The van der Waals surface area contributed by atoms with Crippen molar-refractivity contribution in [1.82, 2.24) is 13.7 Å². The maximum absolute atomic E-state index is 14.7. The molecule has 0 fully saturated rings. The van der Waals surface area contributed by atoms with Crippen molar-refractivity contribution < 1.29 is 14.3 Å². The summed E-state index contributed by atoms with van der Waals surface area (Å²) < 4.78 is 18.5. The van der Waals surface area contributed by atoms with Crippen LogP contribution in [0.2, 0.25) is 0 Å². The van der Waals surface area contributed by atoms with Gasteiger partial charge in [-0.25, -0.2) is 9.18 Å². The fraction of sp³-hybridized carbons (Fsp3) is 0.167. The van der Waals surface area contributed by atoms with Crippen molar-refractivity contribution in [3.8, 4) is 5.69 Å². The van der Waals surface area contributed by atoms with Gasteiger partial charge in [0, 0.05) is 23.2 Å². The van der Waals surface area contributed by atoms with Crippen LogP contribution in [0.25, 0.3) is 16.6 Å². The second-order valence-electron chi connectivity index (χ2n) is 8.19. The minimum atomic E-state index is -1.63. The van der Waals surface area contributed by atoms with Crippen LogP contribution >= 0.6 is 22.6 Å². The van der Waals surface area contributed by atoms with Gasteiger partial charge < -0.3 is 16.2 Å². The Morgan fingerprint density at radius 3 is 2.42 bits per heavy atom. The Morgan fingerprint density at radius 2 is 1.78 bits per heavy atom. The van der Waals surface area contributed by atoms with Gasteiger partial charge in [-0.05, 0) is 65.4 Å². The van der Waals surface area contributed by atoms with Gasteiger partial charge in [0.1, 0.15) is 17.0 Å². The number of aromatic nitrogens is 3. The van der Waals surface area contributed by atoms with E-state index in [1.165, 1.54) is 62.0 Å². The summed E-state index contributed by atoms with van der Waals surface area (Å²) in [6.45, 7) is 1.47. The van der Waals surface area contributed by atoms with Crippen LogP contribution in [-0.4, -0.2) is 24.7 Å². The molecular weight excluding hydrogens is 584 g/mol. The van der Waals surface area contributed by atoms with E-state index in [2.05, 4.69) is 5.32 Å². The molecule has 0 saturated heterocycles. The summed E-state index contributed by atoms with van der Waals surface area (Å²) in [6.07, 6.45) is -1.63. The number of nitrogens with zero attached hydrogens (tertiary/aromatic N) is 3. The number of halogens is 2. The van der Waals surface area contributed by atoms with E-state index in [0.29, 0.717) is 3.57 Å². The van der Waals surface area contributed by atoms with Crippen molar-refractivity contribution >= 4 is 50.9 Å². The van der Waals surface area contributed by atoms with Crippen LogP contribution in [0, 0.1) is 16.3 Å². The molecule has 2 aromatic carbocycles. The molecule has 0 aliphatic carbocycles. The number of rotatable bonds is 5. The van der Waals surface area contributed by atoms with E-state index in [9.17, 15) is 28.7 Å². The summed E-state index contributed by atoms with van der Waals surface area (Å²) in [4.78, 5) is 51.4. The Labute approximate surface area is 216 Å². The zero-order valence-corrected chi connectivity index (χ0v) is 21.5. The molecule has 10 nitrogen and oxygen atoms in total. The third kappa shape index (κ3) is 4.11. The van der Waals surface area contributed by atoms with Gasteiger partial charge in [-0.3, -0.25) is 28.1 Å². The number of carbonyl (C=O) groups is 1. The molecule has 12 heteroatoms. The molecule has 0 radical (unpaired) electrons. The number of benzene rings is 2. The van der Waals surface area contributed by atoms with Crippen molar-refractivity contribution in [2.45, 2.75) is 13.0 Å². The molecule has 1 amide bonds. The van der Waals surface area contributed by atoms with Crippen molar-refractivity contribution in [2.75, 3.05) is 5.32 Å². The Hall–Kier alpha value is -3.78. The number of nitrogens with two attached hydrogens (primary N) is 1. The third-order valence-corrected chi connectivity index (χ3v) is 6.58. The van der Waals surface area contributed by atoms with Crippen molar-refractivity contribution in [3.05, 3.63) is 94.2 Å². The number of nitrogens with one attached hydrogen (secondary N) is 1. The molecule has 1 atom stereocenters. The summed E-state index contributed by atoms with van der Waals surface area (Å²) >= 11 is 1.96. The van der Waals surface area contributed by atoms with Crippen molar-refractivity contribution in [2.24, 2.45) is 19.8 Å². The second kappa shape index (κ2) is 9.35. The van der Waals surface area contributed by atoms with Gasteiger partial charge in [0.2, 0.25) is 0 Å². The van der Waals surface area contributed by atoms with Crippen LogP contribution in [-0.2, 0) is 18.9 Å². The zero-order chi connectivity index (χ0) is 26.5. The van der Waals surface area contributed by atoms with Gasteiger partial charge >= 0.3 is 5.69 Å². The molecule has 0 spiro atoms. The summed E-state index contributed by atoms with van der Waals surface area (Å²) in [5.74, 6) is -1.59. The van der Waals surface area contributed by atoms with Gasteiger partial charge in [0.15, 0.2) is 6.10 Å². The zero-order valence-electron chi connectivity index (χ0n) is 19.4. The third-order valence-electron chi connectivity index (χ3n) is 5.91. The Kier molecular flexibility index (Phi) is 6.58. The number of amides is 1. The molecule has 4 N–H and O–H groups in total. The number of aliphatic hydroxyl groups excluding tert-OH is 1. The molecule has 186 valence electrons. The van der Waals surface area contributed by atoms with Crippen LogP contribution in [0.1, 0.15) is 17.2 Å². The summed E-state index contributed by atoms with van der Waals surface area (Å²) in [5.41, 5.74) is 3.65. The highest BCUT2D eigenvalue weighted by molar-refractivity contribution is 14.1. The molecule has 1 unspecified atom stereocenters. The molecule has 36 heavy (non-hydrogen) atoms. The van der Waals surface area contributed by atoms with Crippen LogP contribution in [0.3, 0.4) is 0 Å². The van der Waals surface area contributed by atoms with Crippen LogP contribution < -0.4 is 27.9 Å². The highest BCUT2D eigenvalue weighted by Crippen LogP contribution is 2.27. The number of hydrogen-bond donors (Lipinski definition) is 3. The maximum atomic E-state index is 14.7. The van der Waals surface area contributed by atoms with E-state index in [-0.39, 0.29) is 39.2 Å². The summed E-state index contributed by atoms with van der Waals surface area (Å²) in [5, 5.41) is 12.9. The molecule has 0 bridgehead atoms. The lowest BCUT2D eigenvalue weighted by Gasteiger charge is -2.20. The number of aliphatic hydroxyl groups is 1. The fourth-order valence-electron chi connectivity index (χ4n) is 4.01. The number of fused-ring (bicyclic) bond motifs is 1. The van der Waals surface area contributed by atoms with Gasteiger partial charge in [0.25, 0.3) is 17.0 Å². The van der Waals surface area contributed by atoms with E-state index in [4.69, 9.17) is 5.73 Å². The number of pyridine rings is 1. The molecule has 2 heterocycles. The Balaban J connectivity index is 2.13. The van der Waals surface area contributed by atoms with E-state index in [1.54, 1.807) is 6.07 Å². The van der Waals surface area contributed by atoms with Gasteiger partial charge in [-0.1, -0.05) is 12.1 Å². The highest BCUT2D eigenvalue weighted by atomic mass is 127. The second-order valence-corrected chi connectivity index (χ2v) is 9.44. The SMILES string of the molecule is Cc1c(=O)n(C)c(Nc2ccc(I)cc2F)c2c(=O)n(C)c(=O)n(-c3cccc(C(O)C(N)=O)c3)c12. The number of primary amides is 1. The Morgan fingerprint density at radius 1 is 1.08 bits per heavy atom. The lowest BCUT2D eigenvalue weighted by atomic mass is 10.1. The largest absolute Gasteiger partial charge is 0.378 e. The molecule has 4 aromatic rings. The monoisotopic (exact) mass is 605 g/mol. The predicted molar refractivity (Wildman–Crippen MR) is 141 cm³/mol. The first-order chi connectivity index (χ1) is 16.9. The summed E-state index contributed by atoms with van der Waals surface area (Å²) in [6, 6.07) is 10.3. The molecule has 0 aliphatic rings. The lowest BCUT2D eigenvalue weighted by molar-refractivity contribution is -0.126. The number of hydrogen-bond acceptors (Lipinski definition) is 6. The molecular formula is C24H21FIN5O5. The number of aryl methyl sites for hydroxylation is 1. The standard InChI is InChI=1S/C24H21FIN5O5/c1-11-18-17(21(29(2)22(11)34)28-16-8-7-13(26)10-15(16)25)23(35)30(3)24(36)31(18)14-6-4-5-12(9-14)19(32)20(27)33/h4-10,19,28,32H,1-3H3,(H2,27,33). The maximum Gasteiger partial charge on any atom is 0.335 e. The van der Waals surface area contributed by atoms with Crippen LogP contribution in [0.4, 0.5) is 15.9 Å². The molecule has 0 saturated carbocycles. The topological polar surface area (TPSA) is 141 Å². The quantitative estimate of drug-likeness (QED) is 0.296. The Bertz CT molecular complexity index is 1740. The first-order valence-corrected chi connectivity index (χ1v) is 11.7. The lowest BCUT2D eigenvalue weighted by Crippen LogP contribution is -2.40. The van der Waals surface area contributed by atoms with Crippen molar-refractivity contribution in [3.63, 3.8) is 0 Å². The fourth-order valence-corrected chi connectivity index (χ4v) is 4.46. The van der Waals surface area contributed by atoms with Crippen LogP contribution in [0.15, 0.2) is 56.8 Å². The van der Waals surface area contributed by atoms with Gasteiger partial charge in [-0.15, -0.1) is 0 Å². The minimum absolute atomic E-state index is 0.00494. The summed E-state index contributed by atoms with van der Waals surface area (Å²) in [7, 11) is 2.71. The molecule has 4 rings (SSSR count). The van der Waals surface area contributed by atoms with E-state index in [1.807, 2.05) is 22.6 Å². The predicted octanol–water partition coefficient (Wildman–Crippen LogP) is 1.70. The van der Waals surface area contributed by atoms with Crippen LogP contribution in [0.5, 0.6) is 0 Å². The minimum Gasteiger partial charge on any atom is -0.378 e. The van der Waals surface area contributed by atoms with Gasteiger partial charge in [0.05, 0.1) is 16.9 Å². The van der Waals surface area contributed by atoms with E-state index < -0.39 is 34.6 Å². The van der Waals surface area contributed by atoms with E-state index >= 15 is 0 Å². The smallest absolute Gasteiger partial charge is 0.335 e. The number of anilines is 2. The average Bonchev–Trinajstić information content (AvgIpc) is 2.84. The highest BCUT2D eigenvalue weighted by Gasteiger charge is 2.23.